The first-order valence-electron chi connectivity index (χ1n) is 7.97. The summed E-state index contributed by atoms with van der Waals surface area (Å²) < 4.78 is 5.33. The second-order valence-corrected chi connectivity index (χ2v) is 7.71. The van der Waals surface area contributed by atoms with Crippen LogP contribution >= 0.6 is 11.8 Å². The van der Waals surface area contributed by atoms with Gasteiger partial charge in [-0.25, -0.2) is 4.79 Å². The van der Waals surface area contributed by atoms with E-state index in [0.29, 0.717) is 16.6 Å². The van der Waals surface area contributed by atoms with Crippen LogP contribution in [0.1, 0.15) is 37.4 Å². The van der Waals surface area contributed by atoms with Crippen LogP contribution in [0.25, 0.3) is 0 Å². The van der Waals surface area contributed by atoms with Crippen LogP contribution in [0, 0.1) is 12.8 Å². The highest BCUT2D eigenvalue weighted by Gasteiger charge is 2.42. The van der Waals surface area contributed by atoms with Crippen molar-refractivity contribution in [2.45, 2.75) is 43.8 Å². The second kappa shape index (κ2) is 6.48. The summed E-state index contributed by atoms with van der Waals surface area (Å²) in [5, 5.41) is 7.07. The van der Waals surface area contributed by atoms with Crippen LogP contribution in [0.4, 0.5) is 4.79 Å². The summed E-state index contributed by atoms with van der Waals surface area (Å²) in [5.74, 6) is 1.78. The number of carbonyl (C=O) groups excluding carboxylic acids is 1. The molecule has 2 aliphatic rings. The average molecular weight is 324 g/mol. The lowest BCUT2D eigenvalue weighted by atomic mass is 9.95. The van der Waals surface area contributed by atoms with Crippen LogP contribution in [0.5, 0.6) is 0 Å². The maximum atomic E-state index is 12.3. The Labute approximate surface area is 135 Å². The third-order valence-electron chi connectivity index (χ3n) is 4.65. The molecule has 122 valence electrons. The Morgan fingerprint density at radius 1 is 1.55 bits per heavy atom. The van der Waals surface area contributed by atoms with E-state index in [0.717, 1.165) is 44.7 Å². The summed E-state index contributed by atoms with van der Waals surface area (Å²) in [7, 11) is 0. The van der Waals surface area contributed by atoms with Crippen molar-refractivity contribution in [3.05, 3.63) is 11.7 Å². The number of piperidine rings is 1. The van der Waals surface area contributed by atoms with Crippen LogP contribution in [0.3, 0.4) is 0 Å². The Morgan fingerprint density at radius 3 is 3.00 bits per heavy atom. The molecule has 6 nitrogen and oxygen atoms in total. The van der Waals surface area contributed by atoms with Crippen molar-refractivity contribution in [3.8, 4) is 0 Å². The molecular weight excluding hydrogens is 300 g/mol. The van der Waals surface area contributed by atoms with Gasteiger partial charge in [-0.3, -0.25) is 0 Å². The van der Waals surface area contributed by atoms with Gasteiger partial charge in [-0.15, -0.1) is 0 Å². The Kier molecular flexibility index (Phi) is 4.61. The number of rotatable bonds is 5. The third-order valence-corrected chi connectivity index (χ3v) is 6.07. The van der Waals surface area contributed by atoms with Gasteiger partial charge in [0.15, 0.2) is 5.82 Å². The number of nitrogens with one attached hydrogen (secondary N) is 1. The standard InChI is InChI=1S/C15H24N4O2S/c1-11-17-13(18-21-11)8-12-4-3-7-19(9-12)14(20)16-10-15(22-2)5-6-15/h12H,3-10H2,1-2H3,(H,16,20)/t12-/m1/s1. The lowest BCUT2D eigenvalue weighted by Gasteiger charge is -2.32. The van der Waals surface area contributed by atoms with Crippen LogP contribution < -0.4 is 5.32 Å². The lowest BCUT2D eigenvalue weighted by Crippen LogP contribution is -2.47. The van der Waals surface area contributed by atoms with Crippen molar-refractivity contribution in [1.29, 1.82) is 0 Å². The van der Waals surface area contributed by atoms with Crippen molar-refractivity contribution >= 4 is 17.8 Å². The molecule has 1 atom stereocenters. The molecule has 1 N–H and O–H groups in total. The van der Waals surface area contributed by atoms with Gasteiger partial charge in [-0.2, -0.15) is 16.7 Å². The van der Waals surface area contributed by atoms with E-state index in [4.69, 9.17) is 4.52 Å². The molecule has 1 aromatic heterocycles. The number of carbonyl (C=O) groups is 1. The van der Waals surface area contributed by atoms with Gasteiger partial charge in [0.1, 0.15) is 0 Å². The van der Waals surface area contributed by atoms with Crippen molar-refractivity contribution in [1.82, 2.24) is 20.4 Å². The zero-order valence-corrected chi connectivity index (χ0v) is 14.1. The molecule has 3 rings (SSSR count). The molecule has 1 saturated carbocycles. The SMILES string of the molecule is CSC1(CNC(=O)N2CCC[C@H](Cc3noc(C)n3)C2)CC1. The number of amides is 2. The Hall–Kier alpha value is -1.24. The van der Waals surface area contributed by atoms with Crippen LogP contribution in [0.15, 0.2) is 4.52 Å². The molecule has 0 unspecified atom stereocenters. The fourth-order valence-electron chi connectivity index (χ4n) is 3.04. The third kappa shape index (κ3) is 3.74. The Morgan fingerprint density at radius 2 is 2.36 bits per heavy atom. The predicted molar refractivity (Wildman–Crippen MR) is 85.9 cm³/mol. The summed E-state index contributed by atoms with van der Waals surface area (Å²) >= 11 is 1.87. The number of thioether (sulfide) groups is 1. The Bertz CT molecular complexity index is 529. The molecule has 7 heteroatoms. The molecule has 1 aromatic rings. The van der Waals surface area contributed by atoms with Gasteiger partial charge in [-0.05, 0) is 37.9 Å². The molecule has 0 bridgehead atoms. The van der Waals surface area contributed by atoms with E-state index >= 15 is 0 Å². The summed E-state index contributed by atoms with van der Waals surface area (Å²) in [6.45, 7) is 4.22. The Balaban J connectivity index is 1.48. The molecule has 2 heterocycles. The zero-order chi connectivity index (χ0) is 15.6. The molecule has 22 heavy (non-hydrogen) atoms. The first-order valence-corrected chi connectivity index (χ1v) is 9.20. The smallest absolute Gasteiger partial charge is 0.317 e. The normalized spacial score (nSPS) is 23.4. The number of hydrogen-bond donors (Lipinski definition) is 1. The molecule has 1 aliphatic heterocycles. The van der Waals surface area contributed by atoms with Crippen LogP contribution in [-0.4, -0.2) is 51.7 Å². The van der Waals surface area contributed by atoms with E-state index in [1.165, 1.54) is 12.8 Å². The monoisotopic (exact) mass is 324 g/mol. The van der Waals surface area contributed by atoms with E-state index in [2.05, 4.69) is 21.7 Å². The number of aryl methyl sites for hydroxylation is 1. The first-order chi connectivity index (χ1) is 10.6. The van der Waals surface area contributed by atoms with E-state index < -0.39 is 0 Å². The number of likely N-dealkylation sites (tertiary alicyclic amines) is 1. The van der Waals surface area contributed by atoms with Gasteiger partial charge in [0.2, 0.25) is 5.89 Å². The van der Waals surface area contributed by atoms with E-state index in [1.54, 1.807) is 6.92 Å². The van der Waals surface area contributed by atoms with E-state index in [-0.39, 0.29) is 6.03 Å². The quantitative estimate of drug-likeness (QED) is 0.899. The molecular formula is C15H24N4O2S. The molecule has 0 spiro atoms. The fraction of sp³-hybridized carbons (Fsp3) is 0.800. The van der Waals surface area contributed by atoms with Gasteiger partial charge >= 0.3 is 6.03 Å². The van der Waals surface area contributed by atoms with Crippen molar-refractivity contribution in [2.24, 2.45) is 5.92 Å². The topological polar surface area (TPSA) is 71.3 Å². The van der Waals surface area contributed by atoms with E-state index in [9.17, 15) is 4.79 Å². The summed E-state index contributed by atoms with van der Waals surface area (Å²) in [5.41, 5.74) is 0. The minimum Gasteiger partial charge on any atom is -0.340 e. The second-order valence-electron chi connectivity index (χ2n) is 6.43. The molecule has 0 radical (unpaired) electrons. The maximum Gasteiger partial charge on any atom is 0.317 e. The molecule has 1 saturated heterocycles. The van der Waals surface area contributed by atoms with Gasteiger partial charge in [0.05, 0.1) is 0 Å². The number of hydrogen-bond acceptors (Lipinski definition) is 5. The van der Waals surface area contributed by atoms with Gasteiger partial charge < -0.3 is 14.7 Å². The summed E-state index contributed by atoms with van der Waals surface area (Å²) in [6, 6.07) is 0.0781. The van der Waals surface area contributed by atoms with Crippen molar-refractivity contribution in [3.63, 3.8) is 0 Å². The number of aromatic nitrogens is 2. The largest absolute Gasteiger partial charge is 0.340 e. The molecule has 1 aliphatic carbocycles. The highest BCUT2D eigenvalue weighted by atomic mass is 32.2. The lowest BCUT2D eigenvalue weighted by molar-refractivity contribution is 0.164. The average Bonchev–Trinajstić information content (AvgIpc) is 3.21. The molecule has 0 aromatic carbocycles. The maximum absolute atomic E-state index is 12.3. The summed E-state index contributed by atoms with van der Waals surface area (Å²) in [6.07, 6.45) is 7.51. The van der Waals surface area contributed by atoms with Gasteiger partial charge in [0.25, 0.3) is 0 Å². The van der Waals surface area contributed by atoms with Gasteiger partial charge in [0, 0.05) is 37.7 Å². The summed E-state index contributed by atoms with van der Waals surface area (Å²) in [4.78, 5) is 18.6. The van der Waals surface area contributed by atoms with Crippen LogP contribution in [0.2, 0.25) is 0 Å². The predicted octanol–water partition coefficient (Wildman–Crippen LogP) is 2.24. The van der Waals surface area contributed by atoms with Gasteiger partial charge in [-0.1, -0.05) is 5.16 Å². The number of urea groups is 1. The van der Waals surface area contributed by atoms with Crippen LogP contribution in [-0.2, 0) is 6.42 Å². The zero-order valence-electron chi connectivity index (χ0n) is 13.3. The minimum atomic E-state index is 0.0781. The highest BCUT2D eigenvalue weighted by molar-refractivity contribution is 8.00. The molecule has 2 fully saturated rings. The van der Waals surface area contributed by atoms with Crippen molar-refractivity contribution < 1.29 is 9.32 Å². The molecule has 2 amide bonds. The number of nitrogens with zero attached hydrogens (tertiary/aromatic N) is 3. The fourth-order valence-corrected chi connectivity index (χ4v) is 3.77. The van der Waals surface area contributed by atoms with E-state index in [1.807, 2.05) is 16.7 Å². The highest BCUT2D eigenvalue weighted by Crippen LogP contribution is 2.46. The first kappa shape index (κ1) is 15.6. The van der Waals surface area contributed by atoms with Crippen molar-refractivity contribution in [2.75, 3.05) is 25.9 Å². The minimum absolute atomic E-state index is 0.0781.